The minimum atomic E-state index is -0.124. The van der Waals surface area contributed by atoms with E-state index >= 15 is 0 Å². The zero-order valence-electron chi connectivity index (χ0n) is 11.1. The zero-order valence-corrected chi connectivity index (χ0v) is 11.9. The maximum Gasteiger partial charge on any atom is 0.228 e. The number of halogens is 1. The Kier molecular flexibility index (Phi) is 4.96. The Labute approximate surface area is 122 Å². The van der Waals surface area contributed by atoms with Gasteiger partial charge in [0.15, 0.2) is 0 Å². The first-order valence-electron chi connectivity index (χ1n) is 6.25. The van der Waals surface area contributed by atoms with Crippen molar-refractivity contribution in [2.24, 2.45) is 0 Å². The number of pyridine rings is 1. The number of ether oxygens (including phenoxy) is 1. The molecule has 0 unspecified atom stereocenters. The van der Waals surface area contributed by atoms with Crippen molar-refractivity contribution in [2.75, 3.05) is 11.9 Å². The summed E-state index contributed by atoms with van der Waals surface area (Å²) in [6.45, 7) is 2.20. The Bertz CT molecular complexity index is 585. The van der Waals surface area contributed by atoms with Gasteiger partial charge in [-0.2, -0.15) is 0 Å². The average Bonchev–Trinajstić information content (AvgIpc) is 2.44. The van der Waals surface area contributed by atoms with Gasteiger partial charge in [0.2, 0.25) is 5.91 Å². The minimum Gasteiger partial charge on any atom is -0.493 e. The molecule has 1 N–H and O–H groups in total. The first kappa shape index (κ1) is 14.3. The van der Waals surface area contributed by atoms with Gasteiger partial charge >= 0.3 is 0 Å². The molecule has 1 aromatic heterocycles. The van der Waals surface area contributed by atoms with Crippen LogP contribution in [0.25, 0.3) is 0 Å². The number of rotatable bonds is 5. The summed E-state index contributed by atoms with van der Waals surface area (Å²) in [5, 5.41) is 3.41. The van der Waals surface area contributed by atoms with Gasteiger partial charge in [-0.05, 0) is 42.8 Å². The lowest BCUT2D eigenvalue weighted by atomic mass is 10.3. The molecular formula is C15H15ClN2O2. The lowest BCUT2D eigenvalue weighted by molar-refractivity contribution is -0.116. The monoisotopic (exact) mass is 290 g/mol. The largest absolute Gasteiger partial charge is 0.493 e. The Morgan fingerprint density at radius 1 is 1.30 bits per heavy atom. The lowest BCUT2D eigenvalue weighted by Gasteiger charge is -2.08. The van der Waals surface area contributed by atoms with E-state index in [1.54, 1.807) is 30.5 Å². The Hall–Kier alpha value is -2.07. The highest BCUT2D eigenvalue weighted by atomic mass is 35.5. The summed E-state index contributed by atoms with van der Waals surface area (Å²) in [6.07, 6.45) is 1.91. The van der Waals surface area contributed by atoms with Gasteiger partial charge in [0.25, 0.3) is 0 Å². The van der Waals surface area contributed by atoms with Crippen LogP contribution >= 0.6 is 11.6 Å². The molecule has 0 aliphatic rings. The second-order valence-electron chi connectivity index (χ2n) is 4.27. The molecule has 0 spiro atoms. The summed E-state index contributed by atoms with van der Waals surface area (Å²) in [4.78, 5) is 15.9. The van der Waals surface area contributed by atoms with Crippen molar-refractivity contribution in [3.05, 3.63) is 53.2 Å². The van der Waals surface area contributed by atoms with E-state index in [0.717, 1.165) is 5.56 Å². The van der Waals surface area contributed by atoms with E-state index in [1.165, 1.54) is 0 Å². The standard InChI is InChI=1S/C15H15ClN2O2/c1-11-3-2-9-17-15(11)18-14(19)8-10-20-13-6-4-12(16)5-7-13/h2-7,9H,8,10H2,1H3,(H,17,18,19). The van der Waals surface area contributed by atoms with Crippen LogP contribution in [0, 0.1) is 6.92 Å². The van der Waals surface area contributed by atoms with E-state index in [0.29, 0.717) is 23.2 Å². The van der Waals surface area contributed by atoms with Crippen LogP contribution in [0.4, 0.5) is 5.82 Å². The maximum absolute atomic E-state index is 11.8. The zero-order chi connectivity index (χ0) is 14.4. The number of anilines is 1. The van der Waals surface area contributed by atoms with E-state index < -0.39 is 0 Å². The molecule has 0 aliphatic heterocycles. The van der Waals surface area contributed by atoms with E-state index in [-0.39, 0.29) is 12.3 Å². The average molecular weight is 291 g/mol. The molecule has 4 nitrogen and oxygen atoms in total. The normalized spacial score (nSPS) is 10.1. The van der Waals surface area contributed by atoms with Crippen LogP contribution in [0.3, 0.4) is 0 Å². The summed E-state index contributed by atoms with van der Waals surface area (Å²) in [5.41, 5.74) is 0.930. The molecule has 0 bridgehead atoms. The van der Waals surface area contributed by atoms with Crippen molar-refractivity contribution >= 4 is 23.3 Å². The van der Waals surface area contributed by atoms with Crippen molar-refractivity contribution in [2.45, 2.75) is 13.3 Å². The fourth-order valence-electron chi connectivity index (χ4n) is 1.60. The predicted octanol–water partition coefficient (Wildman–Crippen LogP) is 3.45. The van der Waals surface area contributed by atoms with Gasteiger partial charge in [-0.15, -0.1) is 0 Å². The van der Waals surface area contributed by atoms with Gasteiger partial charge in [0.1, 0.15) is 11.6 Å². The third kappa shape index (κ3) is 4.24. The summed E-state index contributed by atoms with van der Waals surface area (Å²) in [5.74, 6) is 1.15. The lowest BCUT2D eigenvalue weighted by Crippen LogP contribution is -2.16. The summed E-state index contributed by atoms with van der Waals surface area (Å²) >= 11 is 5.77. The molecule has 0 aliphatic carbocycles. The van der Waals surface area contributed by atoms with Gasteiger partial charge in [-0.25, -0.2) is 4.98 Å². The molecule has 2 aromatic rings. The Morgan fingerprint density at radius 2 is 2.05 bits per heavy atom. The van der Waals surface area contributed by atoms with Crippen LogP contribution in [-0.2, 0) is 4.79 Å². The van der Waals surface area contributed by atoms with Crippen LogP contribution in [0.5, 0.6) is 5.75 Å². The highest BCUT2D eigenvalue weighted by Gasteiger charge is 2.05. The van der Waals surface area contributed by atoms with E-state index in [1.807, 2.05) is 19.1 Å². The highest BCUT2D eigenvalue weighted by molar-refractivity contribution is 6.30. The number of hydrogen-bond donors (Lipinski definition) is 1. The molecule has 1 amide bonds. The summed E-state index contributed by atoms with van der Waals surface area (Å²) in [6, 6.07) is 10.7. The first-order chi connectivity index (χ1) is 9.65. The smallest absolute Gasteiger partial charge is 0.228 e. The number of carbonyl (C=O) groups is 1. The van der Waals surface area contributed by atoms with E-state index in [4.69, 9.17) is 16.3 Å². The third-order valence-electron chi connectivity index (χ3n) is 2.68. The number of aromatic nitrogens is 1. The minimum absolute atomic E-state index is 0.124. The Balaban J connectivity index is 1.78. The van der Waals surface area contributed by atoms with Gasteiger partial charge in [-0.1, -0.05) is 17.7 Å². The Morgan fingerprint density at radius 3 is 2.75 bits per heavy atom. The summed E-state index contributed by atoms with van der Waals surface area (Å²) in [7, 11) is 0. The maximum atomic E-state index is 11.8. The highest BCUT2D eigenvalue weighted by Crippen LogP contribution is 2.15. The number of benzene rings is 1. The molecule has 0 atom stereocenters. The van der Waals surface area contributed by atoms with Crippen LogP contribution in [0.15, 0.2) is 42.6 Å². The first-order valence-corrected chi connectivity index (χ1v) is 6.63. The molecule has 2 rings (SSSR count). The van der Waals surface area contributed by atoms with Crippen LogP contribution in [-0.4, -0.2) is 17.5 Å². The van der Waals surface area contributed by atoms with Crippen molar-refractivity contribution in [3.8, 4) is 5.75 Å². The SMILES string of the molecule is Cc1cccnc1NC(=O)CCOc1ccc(Cl)cc1. The van der Waals surface area contributed by atoms with Gasteiger partial charge in [0.05, 0.1) is 13.0 Å². The molecule has 104 valence electrons. The topological polar surface area (TPSA) is 51.2 Å². The van der Waals surface area contributed by atoms with Gasteiger partial charge in [0, 0.05) is 11.2 Å². The molecule has 1 aromatic carbocycles. The van der Waals surface area contributed by atoms with Crippen LogP contribution in [0.2, 0.25) is 5.02 Å². The second-order valence-corrected chi connectivity index (χ2v) is 4.71. The van der Waals surface area contributed by atoms with Gasteiger partial charge in [-0.3, -0.25) is 4.79 Å². The summed E-state index contributed by atoms with van der Waals surface area (Å²) < 4.78 is 5.46. The quantitative estimate of drug-likeness (QED) is 0.917. The van der Waals surface area contributed by atoms with E-state index in [9.17, 15) is 4.79 Å². The number of nitrogens with zero attached hydrogens (tertiary/aromatic N) is 1. The molecule has 1 heterocycles. The van der Waals surface area contributed by atoms with Gasteiger partial charge < -0.3 is 10.1 Å². The molecule has 0 fully saturated rings. The molecule has 20 heavy (non-hydrogen) atoms. The number of aryl methyl sites for hydroxylation is 1. The molecule has 5 heteroatoms. The number of carbonyl (C=O) groups excluding carboxylic acids is 1. The van der Waals surface area contributed by atoms with Crippen molar-refractivity contribution in [3.63, 3.8) is 0 Å². The second kappa shape index (κ2) is 6.91. The molecular weight excluding hydrogens is 276 g/mol. The fraction of sp³-hybridized carbons (Fsp3) is 0.200. The van der Waals surface area contributed by atoms with E-state index in [2.05, 4.69) is 10.3 Å². The molecule has 0 saturated carbocycles. The van der Waals surface area contributed by atoms with Crippen LogP contribution < -0.4 is 10.1 Å². The van der Waals surface area contributed by atoms with Crippen molar-refractivity contribution in [1.29, 1.82) is 0 Å². The molecule has 0 radical (unpaired) electrons. The van der Waals surface area contributed by atoms with Crippen molar-refractivity contribution in [1.82, 2.24) is 4.98 Å². The molecule has 0 saturated heterocycles. The third-order valence-corrected chi connectivity index (χ3v) is 2.93. The predicted molar refractivity (Wildman–Crippen MR) is 79.2 cm³/mol. The van der Waals surface area contributed by atoms with Crippen molar-refractivity contribution < 1.29 is 9.53 Å². The number of amides is 1. The number of hydrogen-bond acceptors (Lipinski definition) is 3. The fourth-order valence-corrected chi connectivity index (χ4v) is 1.73. The number of nitrogens with one attached hydrogen (secondary N) is 1. The van der Waals surface area contributed by atoms with Crippen LogP contribution in [0.1, 0.15) is 12.0 Å².